The second-order valence-electron chi connectivity index (χ2n) is 4.30. The molecule has 0 bridgehead atoms. The molecule has 0 saturated carbocycles. The largest absolute Gasteiger partial charge is 0.382 e. The van der Waals surface area contributed by atoms with Crippen molar-refractivity contribution in [3.63, 3.8) is 0 Å². The molecule has 5 heteroatoms. The van der Waals surface area contributed by atoms with Crippen LogP contribution >= 0.6 is 0 Å². The predicted octanol–water partition coefficient (Wildman–Crippen LogP) is 0.692. The van der Waals surface area contributed by atoms with Gasteiger partial charge >= 0.3 is 0 Å². The molecule has 0 spiro atoms. The Morgan fingerprint density at radius 1 is 1.38 bits per heavy atom. The molecule has 0 aliphatic heterocycles. The molecule has 0 unspecified atom stereocenters. The van der Waals surface area contributed by atoms with Crippen LogP contribution in [0.1, 0.15) is 26.7 Å². The van der Waals surface area contributed by atoms with Gasteiger partial charge in [0, 0.05) is 13.5 Å². The van der Waals surface area contributed by atoms with Gasteiger partial charge in [-0.15, -0.1) is 0 Å². The van der Waals surface area contributed by atoms with E-state index in [1.54, 1.807) is 7.11 Å². The fourth-order valence-corrected chi connectivity index (χ4v) is 1.49. The molecule has 0 fully saturated rings. The van der Waals surface area contributed by atoms with Gasteiger partial charge in [0.1, 0.15) is 0 Å². The third kappa shape index (κ3) is 8.64. The molecule has 1 amide bonds. The summed E-state index contributed by atoms with van der Waals surface area (Å²) in [6.45, 7) is 5.60. The van der Waals surface area contributed by atoms with Crippen molar-refractivity contribution in [3.8, 4) is 0 Å². The molecule has 0 saturated heterocycles. The zero-order valence-electron chi connectivity index (χ0n) is 10.5. The summed E-state index contributed by atoms with van der Waals surface area (Å²) in [6.07, 6.45) is 1.38. The summed E-state index contributed by atoms with van der Waals surface area (Å²) in [5.74, 6) is 0.661. The summed E-state index contributed by atoms with van der Waals surface area (Å²) < 4.78 is 4.78. The van der Waals surface area contributed by atoms with Gasteiger partial charge in [-0.25, -0.2) is 5.48 Å². The van der Waals surface area contributed by atoms with E-state index >= 15 is 0 Å². The maximum absolute atomic E-state index is 11.4. The highest BCUT2D eigenvalue weighted by Crippen LogP contribution is 2.13. The van der Waals surface area contributed by atoms with Crippen molar-refractivity contribution in [3.05, 3.63) is 0 Å². The van der Waals surface area contributed by atoms with E-state index in [0.717, 1.165) is 6.42 Å². The Morgan fingerprint density at radius 3 is 2.56 bits per heavy atom. The number of carbonyl (C=O) groups excluding carboxylic acids is 1. The van der Waals surface area contributed by atoms with E-state index in [0.29, 0.717) is 32.1 Å². The van der Waals surface area contributed by atoms with Crippen molar-refractivity contribution in [2.45, 2.75) is 26.7 Å². The monoisotopic (exact) mass is 232 g/mol. The molecule has 0 aromatic heterocycles. The lowest BCUT2D eigenvalue weighted by Gasteiger charge is -2.16. The molecular formula is C11H24N2O3. The SMILES string of the molecule is COCCONC(=O)C[C@@H](CN)CC(C)C. The van der Waals surface area contributed by atoms with Crippen LogP contribution in [-0.4, -0.2) is 32.8 Å². The maximum Gasteiger partial charge on any atom is 0.243 e. The van der Waals surface area contributed by atoms with E-state index in [1.807, 2.05) is 0 Å². The smallest absolute Gasteiger partial charge is 0.243 e. The first-order valence-electron chi connectivity index (χ1n) is 5.69. The summed E-state index contributed by atoms with van der Waals surface area (Å²) in [5, 5.41) is 0. The van der Waals surface area contributed by atoms with Gasteiger partial charge in [0.05, 0.1) is 13.2 Å². The number of nitrogens with one attached hydrogen (secondary N) is 1. The highest BCUT2D eigenvalue weighted by Gasteiger charge is 2.13. The number of rotatable bonds is 9. The minimum Gasteiger partial charge on any atom is -0.382 e. The lowest BCUT2D eigenvalue weighted by atomic mass is 9.94. The Hall–Kier alpha value is -0.650. The Kier molecular flexibility index (Phi) is 9.18. The van der Waals surface area contributed by atoms with Crippen LogP contribution in [0.4, 0.5) is 0 Å². The highest BCUT2D eigenvalue weighted by atomic mass is 16.7. The number of carbonyl (C=O) groups is 1. The lowest BCUT2D eigenvalue weighted by molar-refractivity contribution is -0.135. The van der Waals surface area contributed by atoms with Crippen LogP contribution < -0.4 is 11.2 Å². The average molecular weight is 232 g/mol. The highest BCUT2D eigenvalue weighted by molar-refractivity contribution is 5.75. The first-order chi connectivity index (χ1) is 7.60. The lowest BCUT2D eigenvalue weighted by Crippen LogP contribution is -2.29. The molecule has 0 aromatic rings. The molecule has 0 aliphatic rings. The van der Waals surface area contributed by atoms with E-state index < -0.39 is 0 Å². The molecular weight excluding hydrogens is 208 g/mol. The normalized spacial score (nSPS) is 12.8. The topological polar surface area (TPSA) is 73.6 Å². The van der Waals surface area contributed by atoms with Crippen molar-refractivity contribution in [2.24, 2.45) is 17.6 Å². The van der Waals surface area contributed by atoms with Gasteiger partial charge in [-0.05, 0) is 24.8 Å². The third-order valence-corrected chi connectivity index (χ3v) is 2.19. The minimum absolute atomic E-state index is 0.118. The number of hydrogen-bond acceptors (Lipinski definition) is 4. The number of ether oxygens (including phenoxy) is 1. The summed E-state index contributed by atoms with van der Waals surface area (Å²) in [7, 11) is 1.58. The number of hydroxylamine groups is 1. The summed E-state index contributed by atoms with van der Waals surface area (Å²) in [5.41, 5.74) is 7.99. The molecule has 5 nitrogen and oxygen atoms in total. The van der Waals surface area contributed by atoms with E-state index in [2.05, 4.69) is 19.3 Å². The van der Waals surface area contributed by atoms with Crippen LogP contribution in [0.3, 0.4) is 0 Å². The maximum atomic E-state index is 11.4. The van der Waals surface area contributed by atoms with Crippen LogP contribution in [0.15, 0.2) is 0 Å². The summed E-state index contributed by atoms with van der Waals surface area (Å²) in [6, 6.07) is 0. The zero-order valence-corrected chi connectivity index (χ0v) is 10.5. The number of nitrogens with two attached hydrogens (primary N) is 1. The van der Waals surface area contributed by atoms with Crippen molar-refractivity contribution in [1.29, 1.82) is 0 Å². The molecule has 0 rings (SSSR count). The number of hydrogen-bond donors (Lipinski definition) is 2. The van der Waals surface area contributed by atoms with Gasteiger partial charge in [-0.1, -0.05) is 13.8 Å². The van der Waals surface area contributed by atoms with Crippen molar-refractivity contribution < 1.29 is 14.4 Å². The molecule has 0 radical (unpaired) electrons. The van der Waals surface area contributed by atoms with E-state index in [4.69, 9.17) is 15.3 Å². The molecule has 3 N–H and O–H groups in total. The van der Waals surface area contributed by atoms with Gasteiger partial charge in [-0.2, -0.15) is 0 Å². The van der Waals surface area contributed by atoms with Gasteiger partial charge in [-0.3, -0.25) is 9.63 Å². The second kappa shape index (κ2) is 9.57. The van der Waals surface area contributed by atoms with Crippen molar-refractivity contribution in [1.82, 2.24) is 5.48 Å². The zero-order chi connectivity index (χ0) is 12.4. The first kappa shape index (κ1) is 15.3. The summed E-state index contributed by atoms with van der Waals surface area (Å²) >= 11 is 0. The standard InChI is InChI=1S/C11H24N2O3/c1-9(2)6-10(8-12)7-11(14)13-16-5-4-15-3/h9-10H,4-8,12H2,1-3H3,(H,13,14)/t10-/m0/s1. The van der Waals surface area contributed by atoms with Crippen LogP contribution in [-0.2, 0) is 14.4 Å². The van der Waals surface area contributed by atoms with E-state index in [-0.39, 0.29) is 11.8 Å². The van der Waals surface area contributed by atoms with Crippen molar-refractivity contribution in [2.75, 3.05) is 26.9 Å². The first-order valence-corrected chi connectivity index (χ1v) is 5.69. The fourth-order valence-electron chi connectivity index (χ4n) is 1.49. The van der Waals surface area contributed by atoms with E-state index in [1.165, 1.54) is 0 Å². The molecule has 0 aliphatic carbocycles. The van der Waals surface area contributed by atoms with Crippen LogP contribution in [0.2, 0.25) is 0 Å². The van der Waals surface area contributed by atoms with Crippen LogP contribution in [0.25, 0.3) is 0 Å². The fraction of sp³-hybridized carbons (Fsp3) is 0.909. The van der Waals surface area contributed by atoms with Crippen LogP contribution in [0, 0.1) is 11.8 Å². The van der Waals surface area contributed by atoms with Gasteiger partial charge in [0.25, 0.3) is 0 Å². The van der Waals surface area contributed by atoms with Crippen LogP contribution in [0.5, 0.6) is 0 Å². The molecule has 1 atom stereocenters. The molecule has 96 valence electrons. The Balaban J connectivity index is 3.66. The number of methoxy groups -OCH3 is 1. The van der Waals surface area contributed by atoms with E-state index in [9.17, 15) is 4.79 Å². The predicted molar refractivity (Wildman–Crippen MR) is 62.6 cm³/mol. The summed E-state index contributed by atoms with van der Waals surface area (Å²) in [4.78, 5) is 16.3. The van der Waals surface area contributed by atoms with Gasteiger partial charge in [0.2, 0.25) is 5.91 Å². The average Bonchev–Trinajstić information content (AvgIpc) is 2.23. The molecule has 16 heavy (non-hydrogen) atoms. The molecule has 0 aromatic carbocycles. The van der Waals surface area contributed by atoms with Gasteiger partial charge < -0.3 is 10.5 Å². The quantitative estimate of drug-likeness (QED) is 0.453. The van der Waals surface area contributed by atoms with Gasteiger partial charge in [0.15, 0.2) is 0 Å². The second-order valence-corrected chi connectivity index (χ2v) is 4.30. The third-order valence-electron chi connectivity index (χ3n) is 2.19. The Labute approximate surface area is 97.6 Å². The Morgan fingerprint density at radius 2 is 2.06 bits per heavy atom. The minimum atomic E-state index is -0.118. The Bertz CT molecular complexity index is 186. The molecule has 0 heterocycles. The number of amides is 1. The van der Waals surface area contributed by atoms with Crippen molar-refractivity contribution >= 4 is 5.91 Å².